The standard InChI is InChI=1S/C25H29NO6/c1-5-26(21(14-22(27)28)23(29)32-25(2,3)4)24(30)31-15-20-18-12-8-6-10-16(18)17-11-7-9-13-19(17)20/h6-13,20-21H,5,14-15H2,1-4H3,(H,27,28)/t21-/m0/s1. The molecule has 170 valence electrons. The number of hydrogen-bond acceptors (Lipinski definition) is 5. The van der Waals surface area contributed by atoms with E-state index in [9.17, 15) is 19.5 Å². The van der Waals surface area contributed by atoms with Crippen molar-refractivity contribution in [2.45, 2.75) is 51.7 Å². The van der Waals surface area contributed by atoms with Crippen molar-refractivity contribution >= 4 is 18.0 Å². The summed E-state index contributed by atoms with van der Waals surface area (Å²) in [5, 5.41) is 9.29. The van der Waals surface area contributed by atoms with Gasteiger partial charge in [-0.25, -0.2) is 9.59 Å². The number of carboxylic acids is 1. The number of amides is 1. The zero-order valence-electron chi connectivity index (χ0n) is 18.8. The first kappa shape index (κ1) is 23.3. The molecule has 3 rings (SSSR count). The van der Waals surface area contributed by atoms with Crippen molar-refractivity contribution in [1.82, 2.24) is 4.90 Å². The van der Waals surface area contributed by atoms with E-state index in [0.717, 1.165) is 27.2 Å². The SMILES string of the molecule is CCN(C(=O)OCC1c2ccccc2-c2ccccc21)[C@@H](CC(=O)O)C(=O)OC(C)(C)C. The minimum absolute atomic E-state index is 0.0808. The second kappa shape index (κ2) is 9.42. The summed E-state index contributed by atoms with van der Waals surface area (Å²) in [4.78, 5) is 38.1. The van der Waals surface area contributed by atoms with E-state index in [4.69, 9.17) is 9.47 Å². The largest absolute Gasteiger partial charge is 0.481 e. The molecule has 1 aliphatic carbocycles. The molecule has 0 aliphatic heterocycles. The number of ether oxygens (including phenoxy) is 2. The van der Waals surface area contributed by atoms with Gasteiger partial charge in [0, 0.05) is 12.5 Å². The third-order valence-corrected chi connectivity index (χ3v) is 5.33. The number of aliphatic carboxylic acids is 1. The first-order valence-corrected chi connectivity index (χ1v) is 10.7. The van der Waals surface area contributed by atoms with Crippen LogP contribution in [0.3, 0.4) is 0 Å². The van der Waals surface area contributed by atoms with Crippen LogP contribution in [0.15, 0.2) is 48.5 Å². The smallest absolute Gasteiger partial charge is 0.410 e. The lowest BCUT2D eigenvalue weighted by Gasteiger charge is -2.30. The zero-order valence-corrected chi connectivity index (χ0v) is 18.8. The van der Waals surface area contributed by atoms with Crippen molar-refractivity contribution in [3.05, 3.63) is 59.7 Å². The number of carbonyl (C=O) groups excluding carboxylic acids is 2. The predicted molar refractivity (Wildman–Crippen MR) is 119 cm³/mol. The normalized spacial score (nSPS) is 13.6. The third kappa shape index (κ3) is 5.10. The zero-order chi connectivity index (χ0) is 23.5. The molecule has 1 aliphatic rings. The van der Waals surface area contributed by atoms with Crippen LogP contribution in [0.2, 0.25) is 0 Å². The van der Waals surface area contributed by atoms with E-state index in [-0.39, 0.29) is 19.1 Å². The van der Waals surface area contributed by atoms with Crippen LogP contribution in [-0.2, 0) is 19.1 Å². The number of likely N-dealkylation sites (N-methyl/N-ethyl adjacent to an activating group) is 1. The molecule has 32 heavy (non-hydrogen) atoms. The topological polar surface area (TPSA) is 93.1 Å². The fourth-order valence-corrected chi connectivity index (χ4v) is 4.01. The molecule has 0 heterocycles. The Bertz CT molecular complexity index is 964. The number of fused-ring (bicyclic) bond motifs is 3. The Balaban J connectivity index is 1.78. The molecule has 7 nitrogen and oxygen atoms in total. The van der Waals surface area contributed by atoms with Gasteiger partial charge in [0.2, 0.25) is 0 Å². The second-order valence-corrected chi connectivity index (χ2v) is 8.74. The van der Waals surface area contributed by atoms with Gasteiger partial charge in [0.15, 0.2) is 0 Å². The van der Waals surface area contributed by atoms with Crippen LogP contribution >= 0.6 is 0 Å². The number of esters is 1. The quantitative estimate of drug-likeness (QED) is 0.641. The highest BCUT2D eigenvalue weighted by Crippen LogP contribution is 2.44. The summed E-state index contributed by atoms with van der Waals surface area (Å²) in [7, 11) is 0. The number of carboxylic acid groups (broad SMARTS) is 1. The van der Waals surface area contributed by atoms with E-state index in [1.54, 1.807) is 27.7 Å². The van der Waals surface area contributed by atoms with Gasteiger partial charge in [-0.2, -0.15) is 0 Å². The molecule has 7 heteroatoms. The maximum absolute atomic E-state index is 13.0. The van der Waals surface area contributed by atoms with Crippen LogP contribution in [0.1, 0.15) is 51.2 Å². The summed E-state index contributed by atoms with van der Waals surface area (Å²) in [5.41, 5.74) is 3.54. The Morgan fingerprint density at radius 3 is 2.00 bits per heavy atom. The first-order chi connectivity index (χ1) is 15.1. The van der Waals surface area contributed by atoms with Crippen molar-refractivity contribution in [1.29, 1.82) is 0 Å². The molecule has 0 aromatic heterocycles. The van der Waals surface area contributed by atoms with Crippen LogP contribution in [0.5, 0.6) is 0 Å². The highest BCUT2D eigenvalue weighted by atomic mass is 16.6. The fraction of sp³-hybridized carbons (Fsp3) is 0.400. The van der Waals surface area contributed by atoms with Gasteiger partial charge in [0.25, 0.3) is 0 Å². The van der Waals surface area contributed by atoms with Gasteiger partial charge in [-0.1, -0.05) is 48.5 Å². The fourth-order valence-electron chi connectivity index (χ4n) is 4.01. The highest BCUT2D eigenvalue weighted by Gasteiger charge is 2.36. The lowest BCUT2D eigenvalue weighted by Crippen LogP contribution is -2.48. The second-order valence-electron chi connectivity index (χ2n) is 8.74. The third-order valence-electron chi connectivity index (χ3n) is 5.33. The van der Waals surface area contributed by atoms with E-state index in [2.05, 4.69) is 0 Å². The van der Waals surface area contributed by atoms with Crippen LogP contribution in [0.4, 0.5) is 4.79 Å². The molecule has 2 aromatic carbocycles. The van der Waals surface area contributed by atoms with Gasteiger partial charge in [0.1, 0.15) is 18.2 Å². The summed E-state index contributed by atoms with van der Waals surface area (Å²) in [5.74, 6) is -2.11. The monoisotopic (exact) mass is 439 g/mol. The Kier molecular flexibility index (Phi) is 6.87. The van der Waals surface area contributed by atoms with E-state index < -0.39 is 36.1 Å². The minimum atomic E-state index is -1.27. The summed E-state index contributed by atoms with van der Waals surface area (Å²) in [6.07, 6.45) is -1.31. The lowest BCUT2D eigenvalue weighted by atomic mass is 9.98. The van der Waals surface area contributed by atoms with Gasteiger partial charge < -0.3 is 14.6 Å². The molecule has 0 saturated heterocycles. The molecular formula is C25H29NO6. The van der Waals surface area contributed by atoms with Crippen LogP contribution in [-0.4, -0.2) is 52.8 Å². The molecule has 0 radical (unpaired) electrons. The molecule has 1 N–H and O–H groups in total. The van der Waals surface area contributed by atoms with Gasteiger partial charge in [-0.05, 0) is 49.9 Å². The van der Waals surface area contributed by atoms with E-state index >= 15 is 0 Å². The maximum atomic E-state index is 13.0. The van der Waals surface area contributed by atoms with Crippen LogP contribution < -0.4 is 0 Å². The summed E-state index contributed by atoms with van der Waals surface area (Å²) in [6.45, 7) is 6.91. The van der Waals surface area contributed by atoms with Crippen LogP contribution in [0, 0.1) is 0 Å². The number of rotatable bonds is 7. The van der Waals surface area contributed by atoms with E-state index in [1.807, 2.05) is 48.5 Å². The Hall–Kier alpha value is -3.35. The van der Waals surface area contributed by atoms with Crippen molar-refractivity contribution < 1.29 is 29.0 Å². The average molecular weight is 440 g/mol. The van der Waals surface area contributed by atoms with Gasteiger partial charge in [-0.3, -0.25) is 9.69 Å². The molecule has 0 spiro atoms. The Labute approximate surface area is 187 Å². The lowest BCUT2D eigenvalue weighted by molar-refractivity contribution is -0.163. The predicted octanol–water partition coefficient (Wildman–Crippen LogP) is 4.44. The van der Waals surface area contributed by atoms with Gasteiger partial charge in [-0.15, -0.1) is 0 Å². The number of hydrogen-bond donors (Lipinski definition) is 1. The first-order valence-electron chi connectivity index (χ1n) is 10.7. The highest BCUT2D eigenvalue weighted by molar-refractivity contribution is 5.86. The number of nitrogens with zero attached hydrogens (tertiary/aromatic N) is 1. The summed E-state index contributed by atoms with van der Waals surface area (Å²) in [6, 6.07) is 14.7. The Morgan fingerprint density at radius 2 is 1.53 bits per heavy atom. The number of benzene rings is 2. The summed E-state index contributed by atoms with van der Waals surface area (Å²) < 4.78 is 11.0. The van der Waals surface area contributed by atoms with Gasteiger partial charge in [0.05, 0.1) is 6.42 Å². The van der Waals surface area contributed by atoms with Crippen molar-refractivity contribution in [2.24, 2.45) is 0 Å². The molecule has 0 unspecified atom stereocenters. The van der Waals surface area contributed by atoms with Crippen LogP contribution in [0.25, 0.3) is 11.1 Å². The van der Waals surface area contributed by atoms with Crippen molar-refractivity contribution in [3.63, 3.8) is 0 Å². The summed E-state index contributed by atoms with van der Waals surface area (Å²) >= 11 is 0. The maximum Gasteiger partial charge on any atom is 0.410 e. The molecule has 0 fully saturated rings. The van der Waals surface area contributed by atoms with Crippen molar-refractivity contribution in [3.8, 4) is 11.1 Å². The van der Waals surface area contributed by atoms with E-state index in [1.165, 1.54) is 0 Å². The molecule has 1 atom stereocenters. The Morgan fingerprint density at radius 1 is 1.00 bits per heavy atom. The molecule has 0 saturated carbocycles. The average Bonchev–Trinajstić information content (AvgIpc) is 3.04. The minimum Gasteiger partial charge on any atom is -0.481 e. The van der Waals surface area contributed by atoms with Crippen molar-refractivity contribution in [2.75, 3.05) is 13.2 Å². The van der Waals surface area contributed by atoms with Gasteiger partial charge >= 0.3 is 18.0 Å². The molecule has 2 aromatic rings. The van der Waals surface area contributed by atoms with E-state index in [0.29, 0.717) is 0 Å². The molecular weight excluding hydrogens is 410 g/mol. The number of carbonyl (C=O) groups is 3. The molecule has 0 bridgehead atoms. The molecule has 1 amide bonds.